The smallest absolute Gasteiger partial charge is 0.296 e. The predicted molar refractivity (Wildman–Crippen MR) is 131 cm³/mol. The average Bonchev–Trinajstić information content (AvgIpc) is 3.15. The number of aromatic nitrogens is 2. The zero-order valence-electron chi connectivity index (χ0n) is 18.7. The summed E-state index contributed by atoms with van der Waals surface area (Å²) in [7, 11) is 1.61. The molecule has 34 heavy (non-hydrogen) atoms. The van der Waals surface area contributed by atoms with E-state index < -0.39 is 0 Å². The minimum atomic E-state index is -0.369. The highest BCUT2D eigenvalue weighted by atomic mass is 19.1. The number of rotatable bonds is 5. The third-order valence-electron chi connectivity index (χ3n) is 5.33. The van der Waals surface area contributed by atoms with Crippen LogP contribution in [-0.4, -0.2) is 15.6 Å². The van der Waals surface area contributed by atoms with Gasteiger partial charge >= 0.3 is 0 Å². The molecule has 0 fully saturated rings. The molecule has 0 unspecified atom stereocenters. The quantitative estimate of drug-likeness (QED) is 0.378. The van der Waals surface area contributed by atoms with E-state index in [0.29, 0.717) is 50.5 Å². The number of nitrogens with zero attached hydrogens (tertiary/aromatic N) is 2. The third-order valence-corrected chi connectivity index (χ3v) is 5.33. The molecule has 0 spiro atoms. The van der Waals surface area contributed by atoms with Gasteiger partial charge in [0.15, 0.2) is 0 Å². The number of pyridine rings is 1. The summed E-state index contributed by atoms with van der Waals surface area (Å²) in [6.07, 6.45) is 2.84. The van der Waals surface area contributed by atoms with E-state index in [2.05, 4.69) is 17.1 Å². The van der Waals surface area contributed by atoms with E-state index in [4.69, 9.17) is 9.26 Å². The van der Waals surface area contributed by atoms with Gasteiger partial charge in [0.1, 0.15) is 17.3 Å². The summed E-state index contributed by atoms with van der Waals surface area (Å²) in [5.74, 6) is 0.250. The van der Waals surface area contributed by atoms with Crippen molar-refractivity contribution in [2.24, 2.45) is 7.05 Å². The number of halogens is 1. The van der Waals surface area contributed by atoms with Crippen molar-refractivity contribution >= 4 is 22.6 Å². The second kappa shape index (κ2) is 9.35. The van der Waals surface area contributed by atoms with E-state index in [1.807, 2.05) is 0 Å². The van der Waals surface area contributed by atoms with Crippen LogP contribution in [0.1, 0.15) is 24.2 Å². The third kappa shape index (κ3) is 4.34. The second-order valence-electron chi connectivity index (χ2n) is 7.81. The maximum atomic E-state index is 13.8. The van der Waals surface area contributed by atoms with Gasteiger partial charge < -0.3 is 19.1 Å². The topological polar surface area (TPSA) is 86.4 Å². The number of nitrogens with one attached hydrogen (secondary N) is 1. The first-order valence-electron chi connectivity index (χ1n) is 10.2. The molecule has 0 aliphatic heterocycles. The molecule has 2 heterocycles. The van der Waals surface area contributed by atoms with Gasteiger partial charge in [0, 0.05) is 30.1 Å². The van der Waals surface area contributed by atoms with Crippen LogP contribution in [0.4, 0.5) is 10.1 Å². The normalized spacial score (nSPS) is 10.6. The molecule has 8 heteroatoms. The Kier molecular flexibility index (Phi) is 6.72. The highest BCUT2D eigenvalue weighted by Crippen LogP contribution is 2.40. The van der Waals surface area contributed by atoms with Gasteiger partial charge in [-0.05, 0) is 68.3 Å². The Bertz CT molecular complexity index is 1460. The Labute approximate surface area is 196 Å². The Balaban J connectivity index is 0.00000324. The molecule has 2 aromatic heterocycles. The van der Waals surface area contributed by atoms with Crippen molar-refractivity contribution in [1.29, 1.82) is 0 Å². The van der Waals surface area contributed by atoms with Crippen LogP contribution in [0.5, 0.6) is 11.5 Å². The fourth-order valence-corrected chi connectivity index (χ4v) is 3.78. The lowest BCUT2D eigenvalue weighted by Gasteiger charge is -2.17. The summed E-state index contributed by atoms with van der Waals surface area (Å²) in [6, 6.07) is 7.92. The van der Waals surface area contributed by atoms with Crippen LogP contribution in [0, 0.1) is 26.6 Å². The number of carbonyl (C=O) groups is 1. The van der Waals surface area contributed by atoms with Crippen LogP contribution in [-0.2, 0) is 11.8 Å². The number of anilines is 1. The molecule has 176 valence electrons. The number of hydrogen-bond acceptors (Lipinski definition) is 5. The molecular weight excluding hydrogens is 437 g/mol. The maximum Gasteiger partial charge on any atom is 0.296 e. The van der Waals surface area contributed by atoms with E-state index in [0.717, 1.165) is 0 Å². The van der Waals surface area contributed by atoms with Gasteiger partial charge in [0.25, 0.3) is 5.56 Å². The SMILES string of the molecule is C.C=CC(=O)Nc1ccc(Oc2c(C)cc(F)cc2C)c(-c2cn(C)c(=O)c3onc(C)c23)c1. The van der Waals surface area contributed by atoms with Crippen molar-refractivity contribution in [3.63, 3.8) is 0 Å². The van der Waals surface area contributed by atoms with Gasteiger partial charge in [0.05, 0.1) is 11.1 Å². The van der Waals surface area contributed by atoms with Crippen LogP contribution in [0.15, 0.2) is 58.5 Å². The minimum absolute atomic E-state index is 0. The molecule has 0 aliphatic carbocycles. The van der Waals surface area contributed by atoms with Crippen molar-refractivity contribution in [3.8, 4) is 22.6 Å². The predicted octanol–water partition coefficient (Wildman–Crippen LogP) is 5.81. The number of carbonyl (C=O) groups excluding carboxylic acids is 1. The van der Waals surface area contributed by atoms with Crippen LogP contribution in [0.25, 0.3) is 22.1 Å². The van der Waals surface area contributed by atoms with E-state index in [1.54, 1.807) is 52.2 Å². The Morgan fingerprint density at radius 3 is 2.50 bits per heavy atom. The highest BCUT2D eigenvalue weighted by Gasteiger charge is 2.21. The molecule has 7 nitrogen and oxygen atoms in total. The highest BCUT2D eigenvalue weighted by molar-refractivity contribution is 6.01. The molecule has 0 bridgehead atoms. The Hall–Kier alpha value is -4.20. The number of amides is 1. The fraction of sp³-hybridized carbons (Fsp3) is 0.192. The van der Waals surface area contributed by atoms with Crippen molar-refractivity contribution < 1.29 is 18.4 Å². The van der Waals surface area contributed by atoms with Gasteiger partial charge in [-0.25, -0.2) is 4.39 Å². The van der Waals surface area contributed by atoms with Crippen LogP contribution < -0.4 is 15.6 Å². The molecule has 0 saturated heterocycles. The zero-order chi connectivity index (χ0) is 23.9. The van der Waals surface area contributed by atoms with Crippen LogP contribution in [0.3, 0.4) is 0 Å². The van der Waals surface area contributed by atoms with E-state index in [1.165, 1.54) is 22.8 Å². The minimum Gasteiger partial charge on any atom is -0.456 e. The summed E-state index contributed by atoms with van der Waals surface area (Å²) in [4.78, 5) is 24.5. The molecule has 1 amide bonds. The summed E-state index contributed by atoms with van der Waals surface area (Å²) in [5.41, 5.74) is 3.33. The van der Waals surface area contributed by atoms with Crippen molar-refractivity contribution in [1.82, 2.24) is 9.72 Å². The molecule has 0 radical (unpaired) electrons. The Morgan fingerprint density at radius 1 is 1.18 bits per heavy atom. The zero-order valence-corrected chi connectivity index (χ0v) is 18.7. The standard InChI is InChI=1S/C25H22FN3O4.CH4/c1-6-21(30)27-17-7-8-20(32-23-13(2)9-16(26)10-14(23)3)18(11-17)19-12-29(5)25(31)24-22(19)15(4)28-33-24;/h6-12H,1H2,2-5H3,(H,27,30);1H4. The Morgan fingerprint density at radius 2 is 1.85 bits per heavy atom. The summed E-state index contributed by atoms with van der Waals surface area (Å²) in [5, 5.41) is 7.25. The second-order valence-corrected chi connectivity index (χ2v) is 7.81. The molecule has 0 aliphatic rings. The van der Waals surface area contributed by atoms with Crippen molar-refractivity contribution in [2.75, 3.05) is 5.32 Å². The fourth-order valence-electron chi connectivity index (χ4n) is 3.78. The molecule has 2 aromatic carbocycles. The number of benzene rings is 2. The largest absolute Gasteiger partial charge is 0.456 e. The van der Waals surface area contributed by atoms with Gasteiger partial charge in [-0.2, -0.15) is 0 Å². The molecule has 0 saturated carbocycles. The molecule has 4 rings (SSSR count). The van der Waals surface area contributed by atoms with Gasteiger partial charge in [-0.15, -0.1) is 0 Å². The van der Waals surface area contributed by atoms with Crippen molar-refractivity contribution in [2.45, 2.75) is 28.2 Å². The molecular formula is C26H26FN3O4. The lowest BCUT2D eigenvalue weighted by Crippen LogP contribution is -2.16. The number of aryl methyl sites for hydroxylation is 4. The number of hydrogen-bond donors (Lipinski definition) is 1. The summed E-state index contributed by atoms with van der Waals surface area (Å²) < 4.78 is 26.8. The van der Waals surface area contributed by atoms with Gasteiger partial charge in [-0.3, -0.25) is 9.59 Å². The van der Waals surface area contributed by atoms with E-state index in [9.17, 15) is 14.0 Å². The van der Waals surface area contributed by atoms with E-state index in [-0.39, 0.29) is 30.3 Å². The van der Waals surface area contributed by atoms with Crippen LogP contribution >= 0.6 is 0 Å². The first kappa shape index (κ1) is 24.4. The first-order valence-corrected chi connectivity index (χ1v) is 10.2. The number of fused-ring (bicyclic) bond motifs is 1. The van der Waals surface area contributed by atoms with Gasteiger partial charge in [0.2, 0.25) is 11.5 Å². The monoisotopic (exact) mass is 463 g/mol. The lowest BCUT2D eigenvalue weighted by molar-refractivity contribution is -0.111. The first-order chi connectivity index (χ1) is 15.7. The summed E-state index contributed by atoms with van der Waals surface area (Å²) in [6.45, 7) is 8.75. The average molecular weight is 464 g/mol. The van der Waals surface area contributed by atoms with Gasteiger partial charge in [-0.1, -0.05) is 19.2 Å². The van der Waals surface area contributed by atoms with Crippen LogP contribution in [0.2, 0.25) is 0 Å². The van der Waals surface area contributed by atoms with Crippen molar-refractivity contribution in [3.05, 3.63) is 82.2 Å². The number of ether oxygens (including phenoxy) is 1. The van der Waals surface area contributed by atoms with E-state index >= 15 is 0 Å². The maximum absolute atomic E-state index is 13.8. The molecule has 0 atom stereocenters. The molecule has 4 aromatic rings. The molecule has 1 N–H and O–H groups in total. The lowest BCUT2D eigenvalue weighted by atomic mass is 10.0. The summed E-state index contributed by atoms with van der Waals surface area (Å²) >= 11 is 0.